The van der Waals surface area contributed by atoms with Crippen LogP contribution < -0.4 is 5.32 Å². The Kier molecular flexibility index (Phi) is 6.25. The summed E-state index contributed by atoms with van der Waals surface area (Å²) in [5.74, 6) is -6.89. The van der Waals surface area contributed by atoms with Crippen molar-refractivity contribution < 1.29 is 37.7 Å². The molecule has 1 unspecified atom stereocenters. The molecule has 8 nitrogen and oxygen atoms in total. The van der Waals surface area contributed by atoms with Gasteiger partial charge in [0.25, 0.3) is 0 Å². The third-order valence-electron chi connectivity index (χ3n) is 2.98. The molecule has 0 saturated heterocycles. The van der Waals surface area contributed by atoms with Crippen LogP contribution in [0.5, 0.6) is 0 Å². The van der Waals surface area contributed by atoms with Gasteiger partial charge < -0.3 is 19.9 Å². The van der Waals surface area contributed by atoms with Crippen LogP contribution in [-0.4, -0.2) is 45.0 Å². The molecule has 152 valence electrons. The summed E-state index contributed by atoms with van der Waals surface area (Å²) in [5, 5.41) is 10.7. The number of carbonyl (C=O) groups is 3. The first-order valence-electron chi connectivity index (χ1n) is 8.06. The normalized spacial score (nSPS) is 13.6. The Labute approximate surface area is 155 Å². The lowest BCUT2D eigenvalue weighted by atomic mass is 10.1. The number of rotatable bonds is 4. The molecule has 0 aliphatic heterocycles. The number of hydrogen-bond donors (Lipinski definition) is 2. The fourth-order valence-electron chi connectivity index (χ4n) is 2.01. The largest absolute Gasteiger partial charge is 0.477 e. The molecule has 0 fully saturated rings. The number of hydrogen-bond acceptors (Lipinski definition) is 5. The second kappa shape index (κ2) is 7.53. The molecule has 0 bridgehead atoms. The van der Waals surface area contributed by atoms with Crippen LogP contribution in [0.3, 0.4) is 0 Å². The average molecular weight is 390 g/mol. The van der Waals surface area contributed by atoms with E-state index in [1.165, 1.54) is 26.8 Å². The van der Waals surface area contributed by atoms with Crippen molar-refractivity contribution in [3.8, 4) is 0 Å². The van der Waals surface area contributed by atoms with E-state index in [4.69, 9.17) is 14.6 Å². The number of halogens is 2. The fraction of sp³-hybridized carbons (Fsp3) is 0.588. The molecule has 10 heteroatoms. The van der Waals surface area contributed by atoms with Crippen molar-refractivity contribution in [3.63, 3.8) is 0 Å². The molecule has 0 aliphatic rings. The van der Waals surface area contributed by atoms with Crippen LogP contribution in [0.4, 0.5) is 18.4 Å². The number of nitrogens with one attached hydrogen (secondary N) is 1. The summed E-state index contributed by atoms with van der Waals surface area (Å²) < 4.78 is 39.4. The van der Waals surface area contributed by atoms with Crippen molar-refractivity contribution in [1.82, 2.24) is 9.88 Å². The summed E-state index contributed by atoms with van der Waals surface area (Å²) in [6.07, 6.45) is -1.13. The minimum absolute atomic E-state index is 0.470. The van der Waals surface area contributed by atoms with Crippen molar-refractivity contribution in [1.29, 1.82) is 0 Å². The highest BCUT2D eigenvalue weighted by atomic mass is 19.3. The highest BCUT2D eigenvalue weighted by Crippen LogP contribution is 2.33. The van der Waals surface area contributed by atoms with Gasteiger partial charge >= 0.3 is 24.1 Å². The van der Waals surface area contributed by atoms with Crippen molar-refractivity contribution >= 4 is 18.2 Å². The molecule has 0 spiro atoms. The minimum Gasteiger partial charge on any atom is -0.477 e. The van der Waals surface area contributed by atoms with Crippen LogP contribution in [0.2, 0.25) is 0 Å². The van der Waals surface area contributed by atoms with Gasteiger partial charge in [0.1, 0.15) is 17.2 Å². The zero-order valence-electron chi connectivity index (χ0n) is 16.0. The third kappa shape index (κ3) is 6.22. The van der Waals surface area contributed by atoms with Gasteiger partial charge in [0.05, 0.1) is 5.69 Å². The van der Waals surface area contributed by atoms with E-state index in [0.717, 1.165) is 12.3 Å². The van der Waals surface area contributed by atoms with Crippen molar-refractivity contribution in [2.24, 2.45) is 0 Å². The van der Waals surface area contributed by atoms with E-state index >= 15 is 0 Å². The van der Waals surface area contributed by atoms with E-state index in [0.29, 0.717) is 4.57 Å². The maximum atomic E-state index is 14.3. The Morgan fingerprint density at radius 1 is 1.07 bits per heavy atom. The van der Waals surface area contributed by atoms with Crippen LogP contribution in [0.1, 0.15) is 53.3 Å². The highest BCUT2D eigenvalue weighted by Gasteiger charge is 2.51. The Balaban J connectivity index is 3.30. The molecule has 27 heavy (non-hydrogen) atoms. The molecule has 1 aromatic heterocycles. The van der Waals surface area contributed by atoms with Crippen LogP contribution in [0.15, 0.2) is 18.3 Å². The van der Waals surface area contributed by atoms with Gasteiger partial charge in [0.2, 0.25) is 0 Å². The van der Waals surface area contributed by atoms with E-state index < -0.39 is 47.0 Å². The first-order chi connectivity index (χ1) is 12.0. The number of amides is 1. The van der Waals surface area contributed by atoms with E-state index in [9.17, 15) is 23.2 Å². The van der Waals surface area contributed by atoms with Gasteiger partial charge in [-0.1, -0.05) is 0 Å². The van der Waals surface area contributed by atoms with Crippen molar-refractivity contribution in [2.45, 2.75) is 64.7 Å². The summed E-state index contributed by atoms with van der Waals surface area (Å²) in [6, 6.07) is -0.0311. The highest BCUT2D eigenvalue weighted by molar-refractivity contribution is 5.79. The summed E-state index contributed by atoms with van der Waals surface area (Å²) in [6.45, 7) is 9.28. The number of carbonyl (C=O) groups excluding carboxylic acids is 2. The maximum Gasteiger partial charge on any atom is 0.418 e. The van der Waals surface area contributed by atoms with Crippen molar-refractivity contribution in [3.05, 3.63) is 24.0 Å². The Morgan fingerprint density at radius 3 is 2.04 bits per heavy atom. The second-order valence-corrected chi connectivity index (χ2v) is 7.79. The van der Waals surface area contributed by atoms with E-state index in [2.05, 4.69) is 0 Å². The first-order valence-corrected chi connectivity index (χ1v) is 8.06. The number of carboxylic acids is 1. The number of alkyl carbamates (subject to hydrolysis) is 1. The van der Waals surface area contributed by atoms with E-state index in [1.54, 1.807) is 20.8 Å². The Hall–Kier alpha value is -2.65. The van der Waals surface area contributed by atoms with Gasteiger partial charge in [-0.25, -0.2) is 14.4 Å². The molecular formula is C17H24F2N2O6. The Morgan fingerprint density at radius 2 is 1.59 bits per heavy atom. The van der Waals surface area contributed by atoms with E-state index in [-0.39, 0.29) is 0 Å². The van der Waals surface area contributed by atoms with Crippen LogP contribution in [0.25, 0.3) is 0 Å². The van der Waals surface area contributed by atoms with Gasteiger partial charge in [-0.05, 0) is 53.7 Å². The average Bonchev–Trinajstić information content (AvgIpc) is 2.89. The molecular weight excluding hydrogens is 366 g/mol. The number of nitrogens with zero attached hydrogens (tertiary/aromatic N) is 1. The quantitative estimate of drug-likeness (QED) is 0.814. The lowest BCUT2D eigenvalue weighted by molar-refractivity contribution is -0.169. The molecule has 0 aromatic carbocycles. The number of aromatic nitrogens is 1. The maximum absolute atomic E-state index is 14.3. The lowest BCUT2D eigenvalue weighted by Crippen LogP contribution is -2.48. The SMILES string of the molecule is CC(C)(C)OC(=O)NC(c1cccn1C(=O)OC(C)(C)C)C(F)(F)C(=O)O. The standard InChI is InChI=1S/C17H24F2N2O6/c1-15(2,3)26-13(24)20-11(17(18,19)12(22)23)10-8-7-9-21(10)14(25)27-16(4,5)6/h7-9,11H,1-6H3,(H,20,24)(H,22,23). The fourth-order valence-corrected chi connectivity index (χ4v) is 2.01. The summed E-state index contributed by atoms with van der Waals surface area (Å²) in [5.41, 5.74) is -2.38. The predicted molar refractivity (Wildman–Crippen MR) is 90.8 cm³/mol. The van der Waals surface area contributed by atoms with Gasteiger partial charge in [-0.3, -0.25) is 4.57 Å². The zero-order valence-corrected chi connectivity index (χ0v) is 16.0. The van der Waals surface area contributed by atoms with Crippen LogP contribution >= 0.6 is 0 Å². The number of aliphatic carboxylic acids is 1. The number of alkyl halides is 2. The van der Waals surface area contributed by atoms with Gasteiger partial charge in [0, 0.05) is 6.20 Å². The van der Waals surface area contributed by atoms with Gasteiger partial charge in [0.15, 0.2) is 0 Å². The Bertz CT molecular complexity index is 716. The number of carboxylic acid groups (broad SMARTS) is 1. The van der Waals surface area contributed by atoms with Crippen LogP contribution in [-0.2, 0) is 14.3 Å². The summed E-state index contributed by atoms with van der Waals surface area (Å²) >= 11 is 0. The monoisotopic (exact) mass is 390 g/mol. The molecule has 1 aromatic rings. The summed E-state index contributed by atoms with van der Waals surface area (Å²) in [7, 11) is 0. The number of ether oxygens (including phenoxy) is 2. The smallest absolute Gasteiger partial charge is 0.418 e. The predicted octanol–water partition coefficient (Wildman–Crippen LogP) is 3.56. The molecule has 1 amide bonds. The molecule has 1 heterocycles. The van der Waals surface area contributed by atoms with E-state index in [1.807, 2.05) is 5.32 Å². The molecule has 2 N–H and O–H groups in total. The van der Waals surface area contributed by atoms with Gasteiger partial charge in [-0.15, -0.1) is 0 Å². The zero-order chi connectivity index (χ0) is 21.2. The summed E-state index contributed by atoms with van der Waals surface area (Å²) in [4.78, 5) is 35.3. The molecule has 1 atom stereocenters. The van der Waals surface area contributed by atoms with Crippen molar-refractivity contribution in [2.75, 3.05) is 0 Å². The lowest BCUT2D eigenvalue weighted by Gasteiger charge is -2.28. The minimum atomic E-state index is -4.42. The third-order valence-corrected chi connectivity index (χ3v) is 2.98. The second-order valence-electron chi connectivity index (χ2n) is 7.79. The molecule has 1 rings (SSSR count). The van der Waals surface area contributed by atoms with Gasteiger partial charge in [-0.2, -0.15) is 8.78 Å². The molecule has 0 radical (unpaired) electrons. The topological polar surface area (TPSA) is 107 Å². The molecule has 0 aliphatic carbocycles. The first kappa shape index (κ1) is 22.4. The molecule has 0 saturated carbocycles. The van der Waals surface area contributed by atoms with Crippen LogP contribution in [0, 0.1) is 0 Å².